The van der Waals surface area contributed by atoms with Gasteiger partial charge in [0.25, 0.3) is 0 Å². The summed E-state index contributed by atoms with van der Waals surface area (Å²) in [4.78, 5) is 13.8. The number of amides is 1. The first-order valence-corrected chi connectivity index (χ1v) is 10.9. The number of hydrogen-bond acceptors (Lipinski definition) is 3. The summed E-state index contributed by atoms with van der Waals surface area (Å²) >= 11 is 1.77. The van der Waals surface area contributed by atoms with Crippen molar-refractivity contribution in [1.29, 1.82) is 0 Å². The maximum atomic E-state index is 13.0. The topological polar surface area (TPSA) is 38.3 Å². The van der Waals surface area contributed by atoms with Gasteiger partial charge in [-0.05, 0) is 72.2 Å². The third kappa shape index (κ3) is 3.67. The number of fused-ring (bicyclic) bond motifs is 3. The van der Waals surface area contributed by atoms with Gasteiger partial charge in [-0.1, -0.05) is 24.3 Å². The van der Waals surface area contributed by atoms with Crippen molar-refractivity contribution in [3.63, 3.8) is 0 Å². The molecule has 1 atom stereocenters. The monoisotopic (exact) mass is 407 g/mol. The normalized spacial score (nSPS) is 18.0. The molecule has 1 aliphatic heterocycles. The molecule has 0 bridgehead atoms. The van der Waals surface area contributed by atoms with Gasteiger partial charge in [-0.3, -0.25) is 4.79 Å². The van der Waals surface area contributed by atoms with E-state index in [1.54, 1.807) is 23.5 Å². The highest BCUT2D eigenvalue weighted by Crippen LogP contribution is 2.47. The Morgan fingerprint density at radius 2 is 1.79 bits per heavy atom. The van der Waals surface area contributed by atoms with Gasteiger partial charge in [-0.2, -0.15) is 0 Å². The summed E-state index contributed by atoms with van der Waals surface area (Å²) in [6, 6.07) is 14.4. The Morgan fingerprint density at radius 1 is 1.03 bits per heavy atom. The van der Waals surface area contributed by atoms with Crippen LogP contribution in [0.3, 0.4) is 0 Å². The zero-order valence-corrected chi connectivity index (χ0v) is 16.9. The van der Waals surface area contributed by atoms with Gasteiger partial charge in [0.2, 0.25) is 5.91 Å². The summed E-state index contributed by atoms with van der Waals surface area (Å²) in [5.41, 5.74) is 4.89. The molecule has 5 heteroatoms. The van der Waals surface area contributed by atoms with Crippen LogP contribution in [0.15, 0.2) is 48.5 Å². The van der Waals surface area contributed by atoms with Crippen molar-refractivity contribution in [2.24, 2.45) is 0 Å². The maximum Gasteiger partial charge on any atom is 0.225 e. The molecule has 2 aliphatic rings. The summed E-state index contributed by atoms with van der Waals surface area (Å²) in [6.45, 7) is 0.396. The van der Waals surface area contributed by atoms with Gasteiger partial charge in [0, 0.05) is 17.2 Å². The van der Waals surface area contributed by atoms with Gasteiger partial charge in [0.1, 0.15) is 18.2 Å². The standard InChI is InChI=1S/C24H22FNO2S/c25-17-9-5-15(6-10-17)14-28-18-11-7-16(8-12-18)20-13-22(27)26-24-23(20)19-3-1-2-4-21(19)29-24/h5-12,20H,1-4,13-14H2,(H,26,27)/t20-/m0/s1. The minimum absolute atomic E-state index is 0.0951. The number of halogens is 1. The van der Waals surface area contributed by atoms with E-state index in [1.807, 2.05) is 12.1 Å². The van der Waals surface area contributed by atoms with Gasteiger partial charge in [-0.25, -0.2) is 4.39 Å². The summed E-state index contributed by atoms with van der Waals surface area (Å²) in [5.74, 6) is 0.733. The number of nitrogens with one attached hydrogen (secondary N) is 1. The van der Waals surface area contributed by atoms with Gasteiger partial charge in [0.05, 0.1) is 5.00 Å². The van der Waals surface area contributed by atoms with E-state index >= 15 is 0 Å². The van der Waals surface area contributed by atoms with Crippen LogP contribution in [0.2, 0.25) is 0 Å². The fourth-order valence-electron chi connectivity index (χ4n) is 4.35. The third-order valence-electron chi connectivity index (χ3n) is 5.80. The number of rotatable bonds is 4. The van der Waals surface area contributed by atoms with Crippen molar-refractivity contribution < 1.29 is 13.9 Å². The largest absolute Gasteiger partial charge is 0.489 e. The number of benzene rings is 2. The zero-order valence-electron chi connectivity index (χ0n) is 16.0. The van der Waals surface area contributed by atoms with Crippen molar-refractivity contribution in [2.75, 3.05) is 5.32 Å². The first-order valence-electron chi connectivity index (χ1n) is 10.1. The number of carbonyl (C=O) groups is 1. The number of carbonyl (C=O) groups excluding carboxylic acids is 1. The lowest BCUT2D eigenvalue weighted by Crippen LogP contribution is -2.23. The summed E-state index contributed by atoms with van der Waals surface area (Å²) in [6.07, 6.45) is 5.21. The molecular weight excluding hydrogens is 385 g/mol. The van der Waals surface area contributed by atoms with E-state index in [1.165, 1.54) is 41.0 Å². The van der Waals surface area contributed by atoms with Crippen LogP contribution in [-0.2, 0) is 24.2 Å². The minimum atomic E-state index is -0.246. The Labute approximate surface area is 173 Å². The molecule has 0 unspecified atom stereocenters. The second-order valence-electron chi connectivity index (χ2n) is 7.74. The highest BCUT2D eigenvalue weighted by atomic mass is 32.1. The van der Waals surface area contributed by atoms with E-state index in [0.29, 0.717) is 13.0 Å². The average Bonchev–Trinajstić information content (AvgIpc) is 3.11. The van der Waals surface area contributed by atoms with Crippen LogP contribution < -0.4 is 10.1 Å². The number of aryl methyl sites for hydroxylation is 1. The molecule has 2 aromatic carbocycles. The predicted octanol–water partition coefficient (Wildman–Crippen LogP) is 5.82. The van der Waals surface area contributed by atoms with Crippen LogP contribution in [0.5, 0.6) is 5.75 Å². The number of ether oxygens (including phenoxy) is 1. The Morgan fingerprint density at radius 3 is 2.59 bits per heavy atom. The Balaban J connectivity index is 1.37. The van der Waals surface area contributed by atoms with Gasteiger partial charge in [-0.15, -0.1) is 11.3 Å². The molecule has 3 nitrogen and oxygen atoms in total. The van der Waals surface area contributed by atoms with Crippen LogP contribution in [0, 0.1) is 5.82 Å². The van der Waals surface area contributed by atoms with Crippen LogP contribution in [0.4, 0.5) is 9.39 Å². The van der Waals surface area contributed by atoms with Crippen molar-refractivity contribution in [3.05, 3.63) is 81.5 Å². The summed E-state index contributed by atoms with van der Waals surface area (Å²) in [5, 5.41) is 4.15. The van der Waals surface area contributed by atoms with Gasteiger partial charge >= 0.3 is 0 Å². The summed E-state index contributed by atoms with van der Waals surface area (Å²) in [7, 11) is 0. The lowest BCUT2D eigenvalue weighted by atomic mass is 9.82. The lowest BCUT2D eigenvalue weighted by Gasteiger charge is -2.25. The predicted molar refractivity (Wildman–Crippen MR) is 113 cm³/mol. The molecule has 2 heterocycles. The maximum absolute atomic E-state index is 13.0. The van der Waals surface area contributed by atoms with Crippen molar-refractivity contribution in [3.8, 4) is 5.75 Å². The van der Waals surface area contributed by atoms with Crippen molar-refractivity contribution in [1.82, 2.24) is 0 Å². The number of anilines is 1. The molecular formula is C24H22FNO2S. The second-order valence-corrected chi connectivity index (χ2v) is 8.85. The van der Waals surface area contributed by atoms with E-state index in [-0.39, 0.29) is 17.6 Å². The molecule has 148 valence electrons. The third-order valence-corrected chi connectivity index (χ3v) is 7.03. The molecule has 5 rings (SSSR count). The van der Waals surface area contributed by atoms with Gasteiger partial charge < -0.3 is 10.1 Å². The average molecular weight is 408 g/mol. The second kappa shape index (κ2) is 7.64. The molecule has 3 aromatic rings. The molecule has 0 fully saturated rings. The smallest absolute Gasteiger partial charge is 0.225 e. The lowest BCUT2D eigenvalue weighted by molar-refractivity contribution is -0.116. The van der Waals surface area contributed by atoms with E-state index < -0.39 is 0 Å². The fraction of sp³-hybridized carbons (Fsp3) is 0.292. The SMILES string of the molecule is O=C1C[C@@H](c2ccc(OCc3ccc(F)cc3)cc2)c2c(sc3c2CCCC3)N1. The van der Waals surface area contributed by atoms with Crippen molar-refractivity contribution in [2.45, 2.75) is 44.6 Å². The van der Waals surface area contributed by atoms with E-state index in [4.69, 9.17) is 4.74 Å². The first kappa shape index (κ1) is 18.4. The molecule has 0 radical (unpaired) electrons. The summed E-state index contributed by atoms with van der Waals surface area (Å²) < 4.78 is 18.9. The first-order chi connectivity index (χ1) is 14.2. The number of hydrogen-bond donors (Lipinski definition) is 1. The molecule has 1 aromatic heterocycles. The van der Waals surface area contributed by atoms with Crippen LogP contribution in [0.1, 0.15) is 52.3 Å². The Bertz CT molecular complexity index is 1040. The zero-order chi connectivity index (χ0) is 19.8. The van der Waals surface area contributed by atoms with E-state index in [2.05, 4.69) is 17.4 Å². The molecule has 0 saturated carbocycles. The molecule has 0 saturated heterocycles. The van der Waals surface area contributed by atoms with E-state index in [9.17, 15) is 9.18 Å². The molecule has 1 aliphatic carbocycles. The van der Waals surface area contributed by atoms with Crippen molar-refractivity contribution >= 4 is 22.2 Å². The van der Waals surface area contributed by atoms with Crippen LogP contribution in [0.25, 0.3) is 0 Å². The fourth-order valence-corrected chi connectivity index (χ4v) is 5.71. The number of thiophene rings is 1. The molecule has 0 spiro atoms. The molecule has 1 N–H and O–H groups in total. The highest BCUT2D eigenvalue weighted by molar-refractivity contribution is 7.16. The Kier molecular flexibility index (Phi) is 4.84. The molecule has 1 amide bonds. The quantitative estimate of drug-likeness (QED) is 0.592. The van der Waals surface area contributed by atoms with Crippen LogP contribution in [-0.4, -0.2) is 5.91 Å². The van der Waals surface area contributed by atoms with Crippen LogP contribution >= 0.6 is 11.3 Å². The van der Waals surface area contributed by atoms with Gasteiger partial charge in [0.15, 0.2) is 0 Å². The van der Waals surface area contributed by atoms with E-state index in [0.717, 1.165) is 34.7 Å². The molecule has 29 heavy (non-hydrogen) atoms. The minimum Gasteiger partial charge on any atom is -0.489 e. The Hall–Kier alpha value is -2.66. The highest BCUT2D eigenvalue weighted by Gasteiger charge is 2.33.